The summed E-state index contributed by atoms with van der Waals surface area (Å²) in [5.41, 5.74) is 2.61. The molecule has 2 aromatic rings. The lowest BCUT2D eigenvalue weighted by Gasteiger charge is -2.29. The summed E-state index contributed by atoms with van der Waals surface area (Å²) < 4.78 is 5.42. The third-order valence-corrected chi connectivity index (χ3v) is 6.86. The van der Waals surface area contributed by atoms with Crippen LogP contribution in [0, 0.1) is 12.8 Å². The van der Waals surface area contributed by atoms with Gasteiger partial charge < -0.3 is 19.9 Å². The molecule has 2 aliphatic rings. The first-order valence-corrected chi connectivity index (χ1v) is 11.7. The number of carbonyl (C=O) groups excluding carboxylic acids is 1. The molecular weight excluding hydrogens is 402 g/mol. The van der Waals surface area contributed by atoms with Gasteiger partial charge in [-0.3, -0.25) is 4.79 Å². The Labute approximate surface area is 191 Å². The van der Waals surface area contributed by atoms with Crippen molar-refractivity contribution in [3.05, 3.63) is 47.4 Å². The van der Waals surface area contributed by atoms with E-state index in [1.54, 1.807) is 0 Å². The average molecular weight is 438 g/mol. The molecule has 1 aromatic heterocycles. The Kier molecular flexibility index (Phi) is 6.65. The molecule has 0 aliphatic carbocycles. The molecule has 3 heterocycles. The maximum Gasteiger partial charge on any atom is 0.251 e. The third kappa shape index (κ3) is 4.72. The van der Waals surface area contributed by atoms with E-state index in [2.05, 4.69) is 40.9 Å². The Bertz CT molecular complexity index is 942. The first-order valence-electron chi connectivity index (χ1n) is 11.7. The lowest BCUT2D eigenvalue weighted by atomic mass is 10.0. The summed E-state index contributed by atoms with van der Waals surface area (Å²) in [6, 6.07) is 10.5. The molecule has 7 nitrogen and oxygen atoms in total. The van der Waals surface area contributed by atoms with Gasteiger partial charge in [0.15, 0.2) is 0 Å². The Morgan fingerprint density at radius 1 is 1.12 bits per heavy atom. The molecule has 0 spiro atoms. The van der Waals surface area contributed by atoms with Gasteiger partial charge in [0.25, 0.3) is 5.91 Å². The quantitative estimate of drug-likeness (QED) is 0.769. The normalized spacial score (nSPS) is 24.5. The van der Waals surface area contributed by atoms with Gasteiger partial charge in [-0.1, -0.05) is 6.92 Å². The summed E-state index contributed by atoms with van der Waals surface area (Å²) in [6.07, 6.45) is 1.16. The van der Waals surface area contributed by atoms with Crippen LogP contribution in [0.5, 0.6) is 0 Å². The molecule has 7 heteroatoms. The zero-order valence-electron chi connectivity index (χ0n) is 19.8. The second kappa shape index (κ2) is 9.45. The number of aromatic nitrogens is 2. The fourth-order valence-electron chi connectivity index (χ4n) is 4.89. The number of ether oxygens (including phenoxy) is 1. The highest BCUT2D eigenvalue weighted by Gasteiger charge is 2.34. The van der Waals surface area contributed by atoms with Crippen LogP contribution < -0.4 is 15.1 Å². The number of morpholine rings is 1. The van der Waals surface area contributed by atoms with Gasteiger partial charge in [-0.25, -0.2) is 9.97 Å². The van der Waals surface area contributed by atoms with Crippen LogP contribution in [-0.4, -0.2) is 54.3 Å². The molecule has 0 bridgehead atoms. The van der Waals surface area contributed by atoms with E-state index in [4.69, 9.17) is 9.72 Å². The van der Waals surface area contributed by atoms with E-state index < -0.39 is 0 Å². The fourth-order valence-corrected chi connectivity index (χ4v) is 4.89. The molecule has 172 valence electrons. The van der Waals surface area contributed by atoms with Crippen molar-refractivity contribution in [2.24, 2.45) is 5.92 Å². The van der Waals surface area contributed by atoms with Crippen LogP contribution in [0.2, 0.25) is 0 Å². The molecule has 1 amide bonds. The SMILES string of the molecule is Cc1nc(C(C)NC(=O)c2ccc(N3CCOCC3)cc2)cc(N2C(C)CC(C)C2C)n1. The van der Waals surface area contributed by atoms with Crippen molar-refractivity contribution in [2.75, 3.05) is 36.1 Å². The molecular formula is C25H35N5O2. The summed E-state index contributed by atoms with van der Waals surface area (Å²) >= 11 is 0. The number of hydrogen-bond acceptors (Lipinski definition) is 6. The zero-order valence-corrected chi connectivity index (χ0v) is 19.8. The van der Waals surface area contributed by atoms with Crippen LogP contribution in [0.1, 0.15) is 62.0 Å². The molecule has 2 saturated heterocycles. The number of anilines is 2. The summed E-state index contributed by atoms with van der Waals surface area (Å²) in [5.74, 6) is 2.21. The van der Waals surface area contributed by atoms with Gasteiger partial charge in [-0.15, -0.1) is 0 Å². The van der Waals surface area contributed by atoms with Crippen LogP contribution in [0.3, 0.4) is 0 Å². The van der Waals surface area contributed by atoms with Crippen LogP contribution in [-0.2, 0) is 4.74 Å². The van der Waals surface area contributed by atoms with Gasteiger partial charge in [0.1, 0.15) is 11.6 Å². The number of carbonyl (C=O) groups is 1. The molecule has 1 aromatic carbocycles. The van der Waals surface area contributed by atoms with Crippen molar-refractivity contribution in [1.29, 1.82) is 0 Å². The van der Waals surface area contributed by atoms with Gasteiger partial charge in [0.2, 0.25) is 0 Å². The first kappa shape index (κ1) is 22.5. The number of aryl methyl sites for hydroxylation is 1. The van der Waals surface area contributed by atoms with E-state index in [1.807, 2.05) is 44.2 Å². The average Bonchev–Trinajstić information content (AvgIpc) is 3.05. The molecule has 1 N–H and O–H groups in total. The summed E-state index contributed by atoms with van der Waals surface area (Å²) in [7, 11) is 0. The molecule has 4 unspecified atom stereocenters. The predicted molar refractivity (Wildman–Crippen MR) is 127 cm³/mol. The van der Waals surface area contributed by atoms with Crippen LogP contribution in [0.25, 0.3) is 0 Å². The first-order chi connectivity index (χ1) is 15.3. The van der Waals surface area contributed by atoms with Crippen LogP contribution >= 0.6 is 0 Å². The zero-order chi connectivity index (χ0) is 22.8. The lowest BCUT2D eigenvalue weighted by Crippen LogP contribution is -2.36. The molecule has 0 saturated carbocycles. The summed E-state index contributed by atoms with van der Waals surface area (Å²) in [6.45, 7) is 14.0. The largest absolute Gasteiger partial charge is 0.378 e. The van der Waals surface area contributed by atoms with Gasteiger partial charge in [-0.2, -0.15) is 0 Å². The smallest absolute Gasteiger partial charge is 0.251 e. The van der Waals surface area contributed by atoms with Crippen molar-refractivity contribution in [3.8, 4) is 0 Å². The topological polar surface area (TPSA) is 70.6 Å². The number of rotatable bonds is 5. The van der Waals surface area contributed by atoms with Gasteiger partial charge in [-0.05, 0) is 64.3 Å². The lowest BCUT2D eigenvalue weighted by molar-refractivity contribution is 0.0939. The second-order valence-electron chi connectivity index (χ2n) is 9.25. The molecule has 2 fully saturated rings. The number of amides is 1. The third-order valence-electron chi connectivity index (χ3n) is 6.86. The Hall–Kier alpha value is -2.67. The van der Waals surface area contributed by atoms with Crippen molar-refractivity contribution >= 4 is 17.4 Å². The van der Waals surface area contributed by atoms with Crippen molar-refractivity contribution in [3.63, 3.8) is 0 Å². The van der Waals surface area contributed by atoms with Gasteiger partial charge in [0, 0.05) is 42.5 Å². The van der Waals surface area contributed by atoms with E-state index in [0.717, 1.165) is 55.7 Å². The minimum Gasteiger partial charge on any atom is -0.378 e. The Morgan fingerprint density at radius 2 is 1.81 bits per heavy atom. The highest BCUT2D eigenvalue weighted by Crippen LogP contribution is 2.33. The van der Waals surface area contributed by atoms with E-state index in [0.29, 0.717) is 23.6 Å². The van der Waals surface area contributed by atoms with E-state index in [9.17, 15) is 4.79 Å². The summed E-state index contributed by atoms with van der Waals surface area (Å²) in [4.78, 5) is 26.9. The second-order valence-corrected chi connectivity index (χ2v) is 9.25. The van der Waals surface area contributed by atoms with E-state index >= 15 is 0 Å². The van der Waals surface area contributed by atoms with E-state index in [1.165, 1.54) is 0 Å². The fraction of sp³-hybridized carbons (Fsp3) is 0.560. The van der Waals surface area contributed by atoms with Crippen LogP contribution in [0.4, 0.5) is 11.5 Å². The molecule has 2 aliphatic heterocycles. The highest BCUT2D eigenvalue weighted by molar-refractivity contribution is 5.94. The number of nitrogens with one attached hydrogen (secondary N) is 1. The van der Waals surface area contributed by atoms with Gasteiger partial charge >= 0.3 is 0 Å². The molecule has 32 heavy (non-hydrogen) atoms. The maximum absolute atomic E-state index is 12.9. The molecule has 4 atom stereocenters. The minimum absolute atomic E-state index is 0.0969. The minimum atomic E-state index is -0.215. The maximum atomic E-state index is 12.9. The van der Waals surface area contributed by atoms with E-state index in [-0.39, 0.29) is 11.9 Å². The summed E-state index contributed by atoms with van der Waals surface area (Å²) in [5, 5.41) is 3.11. The number of benzene rings is 1. The van der Waals surface area contributed by atoms with Crippen molar-refractivity contribution < 1.29 is 9.53 Å². The van der Waals surface area contributed by atoms with Gasteiger partial charge in [0.05, 0.1) is 24.9 Å². The highest BCUT2D eigenvalue weighted by atomic mass is 16.5. The van der Waals surface area contributed by atoms with Crippen LogP contribution in [0.15, 0.2) is 30.3 Å². The predicted octanol–water partition coefficient (Wildman–Crippen LogP) is 3.74. The standard InChI is InChI=1S/C25H35N5O2/c1-16-14-17(2)30(19(16)4)24-15-23(27-20(5)28-24)18(3)26-25(31)21-6-8-22(9-7-21)29-10-12-32-13-11-29/h6-9,15-19H,10-14H2,1-5H3,(H,26,31). The number of hydrogen-bond donors (Lipinski definition) is 1. The molecule has 4 rings (SSSR count). The van der Waals surface area contributed by atoms with Crippen molar-refractivity contribution in [1.82, 2.24) is 15.3 Å². The monoisotopic (exact) mass is 437 g/mol. The number of nitrogens with zero attached hydrogens (tertiary/aromatic N) is 4. The Morgan fingerprint density at radius 3 is 2.44 bits per heavy atom. The molecule has 0 radical (unpaired) electrons. The van der Waals surface area contributed by atoms with Crippen molar-refractivity contribution in [2.45, 2.75) is 59.2 Å². The Balaban J connectivity index is 1.46.